The number of thioether (sulfide) groups is 2. The van der Waals surface area contributed by atoms with Gasteiger partial charge >= 0.3 is 0 Å². The molecule has 0 unspecified atom stereocenters. The first-order valence-corrected chi connectivity index (χ1v) is 7.96. The lowest BCUT2D eigenvalue weighted by Gasteiger charge is -2.04. The molecule has 5 heteroatoms. The topological polar surface area (TPSA) is 41.5 Å². The third-order valence-electron chi connectivity index (χ3n) is 2.39. The van der Waals surface area contributed by atoms with Crippen molar-refractivity contribution in [3.63, 3.8) is 0 Å². The van der Waals surface area contributed by atoms with Crippen molar-refractivity contribution in [1.29, 1.82) is 0 Å². The van der Waals surface area contributed by atoms with Gasteiger partial charge in [-0.25, -0.2) is 0 Å². The molecule has 96 valence electrons. The fourth-order valence-corrected chi connectivity index (χ4v) is 3.15. The first kappa shape index (κ1) is 13.5. The van der Waals surface area contributed by atoms with E-state index in [9.17, 15) is 4.79 Å². The van der Waals surface area contributed by atoms with Crippen LogP contribution in [0.25, 0.3) is 0 Å². The summed E-state index contributed by atoms with van der Waals surface area (Å²) >= 11 is 3.41. The van der Waals surface area contributed by atoms with Crippen LogP contribution in [0.1, 0.15) is 12.8 Å². The minimum Gasteiger partial charge on any atom is -0.305 e. The van der Waals surface area contributed by atoms with Crippen molar-refractivity contribution in [3.8, 4) is 0 Å². The number of amidine groups is 1. The van der Waals surface area contributed by atoms with Crippen molar-refractivity contribution in [3.05, 3.63) is 30.3 Å². The second-order valence-corrected chi connectivity index (χ2v) is 6.10. The van der Waals surface area contributed by atoms with Gasteiger partial charge in [-0.05, 0) is 24.3 Å². The third-order valence-corrected chi connectivity index (χ3v) is 4.38. The molecule has 0 saturated carbocycles. The average molecular weight is 280 g/mol. The van der Waals surface area contributed by atoms with E-state index < -0.39 is 0 Å². The normalized spacial score (nSPS) is 14.3. The van der Waals surface area contributed by atoms with Gasteiger partial charge in [0.1, 0.15) is 0 Å². The van der Waals surface area contributed by atoms with Crippen LogP contribution >= 0.6 is 23.5 Å². The van der Waals surface area contributed by atoms with E-state index in [-0.39, 0.29) is 5.91 Å². The van der Waals surface area contributed by atoms with Crippen LogP contribution in [0, 0.1) is 0 Å². The molecule has 1 aromatic rings. The molecule has 0 saturated heterocycles. The van der Waals surface area contributed by atoms with Gasteiger partial charge in [0.15, 0.2) is 5.17 Å². The number of rotatable bonds is 5. The maximum atomic E-state index is 11.6. The van der Waals surface area contributed by atoms with Crippen LogP contribution < -0.4 is 5.32 Å². The van der Waals surface area contributed by atoms with Crippen molar-refractivity contribution in [1.82, 2.24) is 5.32 Å². The van der Waals surface area contributed by atoms with Gasteiger partial charge in [-0.15, -0.1) is 11.8 Å². The zero-order chi connectivity index (χ0) is 12.6. The Balaban J connectivity index is 1.59. The largest absolute Gasteiger partial charge is 0.305 e. The second kappa shape index (κ2) is 7.48. The van der Waals surface area contributed by atoms with Gasteiger partial charge < -0.3 is 5.32 Å². The third kappa shape index (κ3) is 4.74. The lowest BCUT2D eigenvalue weighted by molar-refractivity contribution is -0.119. The monoisotopic (exact) mass is 280 g/mol. The Morgan fingerprint density at radius 1 is 1.39 bits per heavy atom. The summed E-state index contributed by atoms with van der Waals surface area (Å²) in [7, 11) is 0. The Morgan fingerprint density at radius 2 is 2.22 bits per heavy atom. The average Bonchev–Trinajstić information content (AvgIpc) is 2.89. The van der Waals surface area contributed by atoms with Crippen LogP contribution in [0.4, 0.5) is 0 Å². The molecule has 0 spiro atoms. The molecule has 0 aromatic heterocycles. The molecule has 2 rings (SSSR count). The zero-order valence-corrected chi connectivity index (χ0v) is 11.7. The SMILES string of the molecule is O=C(CCCSc1ccccc1)NC1=NCCS1. The van der Waals surface area contributed by atoms with E-state index in [1.165, 1.54) is 4.90 Å². The predicted octanol–water partition coefficient (Wildman–Crippen LogP) is 2.78. The highest BCUT2D eigenvalue weighted by atomic mass is 32.2. The van der Waals surface area contributed by atoms with Gasteiger partial charge in [0.05, 0.1) is 6.54 Å². The first-order valence-electron chi connectivity index (χ1n) is 5.99. The molecule has 0 radical (unpaired) electrons. The smallest absolute Gasteiger partial charge is 0.225 e. The summed E-state index contributed by atoms with van der Waals surface area (Å²) in [4.78, 5) is 17.0. The van der Waals surface area contributed by atoms with Crippen LogP contribution in [0.3, 0.4) is 0 Å². The van der Waals surface area contributed by atoms with E-state index in [1.807, 2.05) is 18.2 Å². The lowest BCUT2D eigenvalue weighted by Crippen LogP contribution is -2.27. The number of hydrogen-bond donors (Lipinski definition) is 1. The van der Waals surface area contributed by atoms with Crippen LogP contribution in [-0.4, -0.2) is 29.1 Å². The number of nitrogens with one attached hydrogen (secondary N) is 1. The molecule has 1 N–H and O–H groups in total. The molecule has 3 nitrogen and oxygen atoms in total. The molecule has 18 heavy (non-hydrogen) atoms. The molecule has 0 atom stereocenters. The van der Waals surface area contributed by atoms with Gasteiger partial charge in [0, 0.05) is 17.1 Å². The number of carbonyl (C=O) groups excluding carboxylic acids is 1. The van der Waals surface area contributed by atoms with Gasteiger partial charge in [-0.2, -0.15) is 0 Å². The highest BCUT2D eigenvalue weighted by Crippen LogP contribution is 2.18. The van der Waals surface area contributed by atoms with Gasteiger partial charge in [-0.3, -0.25) is 9.79 Å². The molecule has 1 aliphatic rings. The number of hydrogen-bond acceptors (Lipinski definition) is 4. The Labute approximate surface area is 116 Å². The number of aliphatic imine (C=N–C) groups is 1. The molecule has 1 aliphatic heterocycles. The van der Waals surface area contributed by atoms with Crippen molar-refractivity contribution < 1.29 is 4.79 Å². The summed E-state index contributed by atoms with van der Waals surface area (Å²) in [6, 6.07) is 10.3. The van der Waals surface area contributed by atoms with Crippen molar-refractivity contribution >= 4 is 34.6 Å². The molecule has 1 amide bonds. The molecular formula is C13H16N2OS2. The summed E-state index contributed by atoms with van der Waals surface area (Å²) in [6.07, 6.45) is 1.46. The van der Waals surface area contributed by atoms with Gasteiger partial charge in [0.25, 0.3) is 0 Å². The summed E-state index contributed by atoms with van der Waals surface area (Å²) in [6.45, 7) is 0.824. The van der Waals surface area contributed by atoms with Gasteiger partial charge in [-0.1, -0.05) is 30.0 Å². The summed E-state index contributed by atoms with van der Waals surface area (Å²) < 4.78 is 0. The lowest BCUT2D eigenvalue weighted by atomic mass is 10.3. The Bertz CT molecular complexity index is 420. The molecule has 0 fully saturated rings. The predicted molar refractivity (Wildman–Crippen MR) is 79.3 cm³/mol. The molecule has 1 heterocycles. The standard InChI is InChI=1S/C13H16N2OS2/c16-12(15-13-14-8-10-18-13)7-4-9-17-11-5-2-1-3-6-11/h1-3,5-6H,4,7-10H2,(H,14,15,16). The van der Waals surface area contributed by atoms with E-state index in [0.717, 1.165) is 29.6 Å². The Hall–Kier alpha value is -0.940. The number of amides is 1. The fourth-order valence-electron chi connectivity index (χ4n) is 1.53. The molecule has 0 aliphatic carbocycles. The van der Waals surface area contributed by atoms with E-state index in [0.29, 0.717) is 6.42 Å². The zero-order valence-electron chi connectivity index (χ0n) is 10.1. The number of benzene rings is 1. The van der Waals surface area contributed by atoms with Crippen molar-refractivity contribution in [2.75, 3.05) is 18.1 Å². The second-order valence-electron chi connectivity index (χ2n) is 3.85. The number of nitrogens with zero attached hydrogens (tertiary/aromatic N) is 1. The first-order chi connectivity index (χ1) is 8.84. The Morgan fingerprint density at radius 3 is 2.94 bits per heavy atom. The van der Waals surface area contributed by atoms with Crippen LogP contribution in [0.15, 0.2) is 40.2 Å². The quantitative estimate of drug-likeness (QED) is 0.666. The highest BCUT2D eigenvalue weighted by Gasteiger charge is 2.10. The molecule has 0 bridgehead atoms. The van der Waals surface area contributed by atoms with E-state index in [4.69, 9.17) is 0 Å². The molecule has 1 aromatic carbocycles. The van der Waals surface area contributed by atoms with E-state index >= 15 is 0 Å². The van der Waals surface area contributed by atoms with Crippen LogP contribution in [0.2, 0.25) is 0 Å². The summed E-state index contributed by atoms with van der Waals surface area (Å²) in [5.74, 6) is 2.04. The minimum absolute atomic E-state index is 0.0804. The van der Waals surface area contributed by atoms with E-state index in [1.54, 1.807) is 23.5 Å². The van der Waals surface area contributed by atoms with Crippen molar-refractivity contribution in [2.24, 2.45) is 4.99 Å². The summed E-state index contributed by atoms with van der Waals surface area (Å²) in [5.41, 5.74) is 0. The minimum atomic E-state index is 0.0804. The maximum Gasteiger partial charge on any atom is 0.225 e. The number of carbonyl (C=O) groups is 1. The fraction of sp³-hybridized carbons (Fsp3) is 0.385. The Kier molecular flexibility index (Phi) is 5.61. The maximum absolute atomic E-state index is 11.6. The van der Waals surface area contributed by atoms with Crippen LogP contribution in [0.5, 0.6) is 0 Å². The van der Waals surface area contributed by atoms with Crippen LogP contribution in [-0.2, 0) is 4.79 Å². The summed E-state index contributed by atoms with van der Waals surface area (Å²) in [5, 5.41) is 3.63. The molecular weight excluding hydrogens is 264 g/mol. The van der Waals surface area contributed by atoms with E-state index in [2.05, 4.69) is 22.4 Å². The highest BCUT2D eigenvalue weighted by molar-refractivity contribution is 8.14. The van der Waals surface area contributed by atoms with Crippen molar-refractivity contribution in [2.45, 2.75) is 17.7 Å². The van der Waals surface area contributed by atoms with Gasteiger partial charge in [0.2, 0.25) is 5.91 Å².